The second-order valence-electron chi connectivity index (χ2n) is 2.10. The molecule has 0 aromatic carbocycles. The van der Waals surface area contributed by atoms with Gasteiger partial charge in [0, 0.05) is 6.20 Å². The molecule has 0 spiro atoms. The molecule has 0 saturated carbocycles. The lowest BCUT2D eigenvalue weighted by Crippen LogP contribution is -2.21. The van der Waals surface area contributed by atoms with E-state index in [1.165, 1.54) is 12.4 Å². The number of aromatic hydroxyl groups is 1. The lowest BCUT2D eigenvalue weighted by molar-refractivity contribution is -0.449. The summed E-state index contributed by atoms with van der Waals surface area (Å²) in [6.07, 6.45) is 2.69. The van der Waals surface area contributed by atoms with Crippen molar-refractivity contribution in [3.05, 3.63) is 27.7 Å². The van der Waals surface area contributed by atoms with Gasteiger partial charge in [0.15, 0.2) is 4.87 Å². The molecule has 0 radical (unpaired) electrons. The third kappa shape index (κ3) is 0.778. The molecule has 5 nitrogen and oxygen atoms in total. The van der Waals surface area contributed by atoms with E-state index in [9.17, 15) is 4.91 Å². The molecule has 0 atom stereocenters. The van der Waals surface area contributed by atoms with Crippen LogP contribution in [-0.4, -0.2) is 15.0 Å². The zero-order chi connectivity index (χ0) is 7.84. The number of nitrogens with zero attached hydrogens (tertiary/aromatic N) is 3. The van der Waals surface area contributed by atoms with Crippen molar-refractivity contribution in [1.29, 1.82) is 0 Å². The molecule has 5 heteroatoms. The molecule has 1 aromatic rings. The minimum atomic E-state index is -0.211. The smallest absolute Gasteiger partial charge is 0.269 e. The van der Waals surface area contributed by atoms with Crippen molar-refractivity contribution in [2.45, 2.75) is 0 Å². The quantitative estimate of drug-likeness (QED) is 0.475. The summed E-state index contributed by atoms with van der Waals surface area (Å²) < 4.78 is 0. The Morgan fingerprint density at radius 3 is 3.09 bits per heavy atom. The summed E-state index contributed by atoms with van der Waals surface area (Å²) in [5, 5.41) is 13.3. The van der Waals surface area contributed by atoms with Crippen LogP contribution in [0.1, 0.15) is 0 Å². The van der Waals surface area contributed by atoms with E-state index in [2.05, 4.69) is 10.1 Å². The van der Waals surface area contributed by atoms with E-state index in [1.54, 1.807) is 6.07 Å². The highest BCUT2D eigenvalue weighted by molar-refractivity contribution is 5.20. The van der Waals surface area contributed by atoms with Gasteiger partial charge in [-0.2, -0.15) is 0 Å². The number of nitroso groups, excluding NO2 is 1. The van der Waals surface area contributed by atoms with Gasteiger partial charge < -0.3 is 5.11 Å². The molecule has 0 amide bonds. The largest absolute Gasteiger partial charge is 0.492 e. The van der Waals surface area contributed by atoms with Gasteiger partial charge >= 0.3 is 0 Å². The maximum Gasteiger partial charge on any atom is 0.269 e. The predicted octanol–water partition coefficient (Wildman–Crippen LogP) is -1.15. The number of pyridine rings is 1. The average molecular weight is 150 g/mol. The van der Waals surface area contributed by atoms with Gasteiger partial charge in [0.25, 0.3) is 6.20 Å². The predicted molar refractivity (Wildman–Crippen MR) is 34.8 cm³/mol. The van der Waals surface area contributed by atoms with Crippen LogP contribution in [0.25, 0.3) is 6.20 Å². The summed E-state index contributed by atoms with van der Waals surface area (Å²) in [7, 11) is 0. The molecule has 0 fully saturated rings. The van der Waals surface area contributed by atoms with Crippen LogP contribution >= 0.6 is 0 Å². The first-order valence-corrected chi connectivity index (χ1v) is 2.98. The van der Waals surface area contributed by atoms with Crippen molar-refractivity contribution < 1.29 is 9.98 Å². The Morgan fingerprint density at radius 1 is 1.55 bits per heavy atom. The van der Waals surface area contributed by atoms with Crippen molar-refractivity contribution in [1.82, 2.24) is 4.98 Å². The van der Waals surface area contributed by atoms with Gasteiger partial charge in [-0.25, -0.2) is 4.98 Å². The van der Waals surface area contributed by atoms with E-state index < -0.39 is 0 Å². The Kier molecular flexibility index (Phi) is 1.00. The molecule has 0 bridgehead atoms. The van der Waals surface area contributed by atoms with E-state index in [1.807, 2.05) is 0 Å². The Bertz CT molecular complexity index is 438. The minimum absolute atomic E-state index is 0.211. The first kappa shape index (κ1) is 5.96. The molecule has 1 aromatic heterocycles. The molecule has 1 aliphatic rings. The average Bonchev–Trinajstić information content (AvgIpc) is 2.31. The van der Waals surface area contributed by atoms with E-state index >= 15 is 0 Å². The van der Waals surface area contributed by atoms with E-state index in [0.29, 0.717) is 10.1 Å². The van der Waals surface area contributed by atoms with Crippen LogP contribution in [0, 0.1) is 4.91 Å². The number of hydrogen-bond donors (Lipinski definition) is 1. The molecular formula is C6H4N3O2+. The molecule has 2 heterocycles. The monoisotopic (exact) mass is 150 g/mol. The minimum Gasteiger partial charge on any atom is -0.492 e. The normalized spacial score (nSPS) is 13.6. The maximum absolute atomic E-state index is 10.6. The molecule has 0 saturated heterocycles. The highest BCUT2D eigenvalue weighted by Crippen LogP contribution is 1.91. The van der Waals surface area contributed by atoms with Crippen molar-refractivity contribution in [2.24, 2.45) is 5.10 Å². The number of aromatic nitrogens is 1. The van der Waals surface area contributed by atoms with Crippen molar-refractivity contribution in [3.8, 4) is 5.88 Å². The van der Waals surface area contributed by atoms with Crippen LogP contribution in [-0.2, 0) is 0 Å². The fourth-order valence-corrected chi connectivity index (χ4v) is 0.910. The molecule has 0 aliphatic carbocycles. The molecule has 1 N–H and O–H groups in total. The van der Waals surface area contributed by atoms with Crippen LogP contribution in [0.5, 0.6) is 5.88 Å². The summed E-state index contributed by atoms with van der Waals surface area (Å²) in [6.45, 7) is 0. The first-order valence-electron chi connectivity index (χ1n) is 2.98. The first-order chi connectivity index (χ1) is 5.27. The van der Waals surface area contributed by atoms with Gasteiger partial charge in [-0.3, -0.25) is 0 Å². The maximum atomic E-state index is 10.6. The second kappa shape index (κ2) is 1.85. The zero-order valence-electron chi connectivity index (χ0n) is 5.43. The molecule has 1 aliphatic heterocycles. The van der Waals surface area contributed by atoms with Crippen molar-refractivity contribution in [2.75, 3.05) is 0 Å². The third-order valence-corrected chi connectivity index (χ3v) is 1.38. The summed E-state index contributed by atoms with van der Waals surface area (Å²) in [5.74, 6) is -0.211. The SMILES string of the molecule is O=[N+]1C=c2ccnc(O)c2=N1. The summed E-state index contributed by atoms with van der Waals surface area (Å²) in [5.41, 5.74) is 0. The summed E-state index contributed by atoms with van der Waals surface area (Å²) >= 11 is 0. The lowest BCUT2D eigenvalue weighted by Gasteiger charge is -1.82. The number of fused-ring (bicyclic) bond motifs is 1. The van der Waals surface area contributed by atoms with Crippen LogP contribution < -0.4 is 10.6 Å². The van der Waals surface area contributed by atoms with Gasteiger partial charge in [-0.1, -0.05) is 0 Å². The number of rotatable bonds is 0. The van der Waals surface area contributed by atoms with Crippen LogP contribution in [0.3, 0.4) is 0 Å². The topological polar surface area (TPSA) is 65.6 Å². The summed E-state index contributed by atoms with van der Waals surface area (Å²) in [4.78, 5) is 14.6. The Labute approximate surface area is 60.9 Å². The van der Waals surface area contributed by atoms with Crippen molar-refractivity contribution >= 4 is 6.20 Å². The van der Waals surface area contributed by atoms with Gasteiger partial charge in [0.05, 0.1) is 15.2 Å². The highest BCUT2D eigenvalue weighted by Gasteiger charge is 2.13. The fraction of sp³-hybridized carbons (Fsp3) is 0. The highest BCUT2D eigenvalue weighted by atomic mass is 16.3. The van der Waals surface area contributed by atoms with E-state index in [4.69, 9.17) is 5.11 Å². The van der Waals surface area contributed by atoms with Crippen molar-refractivity contribution in [3.63, 3.8) is 0 Å². The number of hydrogen-bond acceptors (Lipinski definition) is 3. The van der Waals surface area contributed by atoms with E-state index in [-0.39, 0.29) is 11.2 Å². The molecular weight excluding hydrogens is 146 g/mol. The Balaban J connectivity index is 2.97. The fourth-order valence-electron chi connectivity index (χ4n) is 0.910. The Morgan fingerprint density at radius 2 is 2.36 bits per heavy atom. The van der Waals surface area contributed by atoms with Crippen LogP contribution in [0.15, 0.2) is 17.4 Å². The van der Waals surface area contributed by atoms with Crippen LogP contribution in [0.4, 0.5) is 0 Å². The molecule has 54 valence electrons. The zero-order valence-corrected chi connectivity index (χ0v) is 5.43. The van der Waals surface area contributed by atoms with E-state index in [0.717, 1.165) is 0 Å². The van der Waals surface area contributed by atoms with Gasteiger partial charge in [0.2, 0.25) is 11.2 Å². The lowest BCUT2D eigenvalue weighted by atomic mass is 10.4. The molecule has 2 rings (SSSR count). The van der Waals surface area contributed by atoms with Gasteiger partial charge in [-0.15, -0.1) is 0 Å². The standard InChI is InChI=1S/C6H3N3O2/c10-6-5-4(1-2-7-6)3-9(11)8-5/h1-3H/p+1. The van der Waals surface area contributed by atoms with Crippen LogP contribution in [0.2, 0.25) is 0 Å². The second-order valence-corrected chi connectivity index (χ2v) is 2.10. The molecule has 11 heavy (non-hydrogen) atoms. The summed E-state index contributed by atoms with van der Waals surface area (Å²) in [6, 6.07) is 1.61. The van der Waals surface area contributed by atoms with Gasteiger partial charge in [0.1, 0.15) is 0 Å². The van der Waals surface area contributed by atoms with Gasteiger partial charge in [-0.05, 0) is 6.07 Å². The third-order valence-electron chi connectivity index (χ3n) is 1.38. The Hall–Kier alpha value is -1.78. The molecule has 0 unspecified atom stereocenters.